The summed E-state index contributed by atoms with van der Waals surface area (Å²) in [4.78, 5) is 12.9. The summed E-state index contributed by atoms with van der Waals surface area (Å²) < 4.78 is 0. The molecule has 0 saturated heterocycles. The molecule has 0 aliphatic rings. The molecular weight excluding hydrogens is 406 g/mol. The molecular formula is C25H30ClN5. The Hall–Kier alpha value is -2.89. The highest BCUT2D eigenvalue weighted by Crippen LogP contribution is 2.24. The van der Waals surface area contributed by atoms with E-state index in [1.54, 1.807) is 0 Å². The van der Waals surface area contributed by atoms with Crippen molar-refractivity contribution in [1.82, 2.24) is 15.0 Å². The molecule has 2 aromatic heterocycles. The number of benzene rings is 2. The van der Waals surface area contributed by atoms with E-state index in [0.29, 0.717) is 5.82 Å². The number of anilines is 1. The Morgan fingerprint density at radius 2 is 1.81 bits per heavy atom. The molecule has 0 spiro atoms. The number of nitrogens with zero attached hydrogens (tertiary/aromatic N) is 2. The summed E-state index contributed by atoms with van der Waals surface area (Å²) in [7, 11) is 0. The number of unbranched alkanes of at least 4 members (excludes halogenated alkanes) is 3. The van der Waals surface area contributed by atoms with Crippen molar-refractivity contribution in [2.24, 2.45) is 5.73 Å². The van der Waals surface area contributed by atoms with Crippen molar-refractivity contribution in [1.29, 1.82) is 0 Å². The van der Waals surface area contributed by atoms with Gasteiger partial charge in [-0.2, -0.15) is 0 Å². The van der Waals surface area contributed by atoms with Gasteiger partial charge in [-0.15, -0.1) is 12.4 Å². The van der Waals surface area contributed by atoms with Crippen LogP contribution in [0.2, 0.25) is 0 Å². The van der Waals surface area contributed by atoms with Crippen molar-refractivity contribution in [2.75, 3.05) is 18.4 Å². The number of hydrogen-bond donors (Lipinski definition) is 3. The third-order valence-electron chi connectivity index (χ3n) is 5.33. The van der Waals surface area contributed by atoms with Crippen LogP contribution >= 0.6 is 12.4 Å². The molecule has 2 aromatic carbocycles. The fourth-order valence-electron chi connectivity index (χ4n) is 3.70. The minimum Gasteiger partial charge on any atom is -0.369 e. The molecule has 0 aliphatic heterocycles. The lowest BCUT2D eigenvalue weighted by Gasteiger charge is -2.10. The van der Waals surface area contributed by atoms with Crippen LogP contribution < -0.4 is 11.1 Å². The average molecular weight is 436 g/mol. The predicted octanol–water partition coefficient (Wildman–Crippen LogP) is 5.94. The Balaban J connectivity index is 0.00000272. The van der Waals surface area contributed by atoms with Crippen molar-refractivity contribution in [3.05, 3.63) is 65.6 Å². The highest BCUT2D eigenvalue weighted by Gasteiger charge is 2.07. The minimum atomic E-state index is 0. The van der Waals surface area contributed by atoms with E-state index in [1.807, 2.05) is 18.3 Å². The van der Waals surface area contributed by atoms with Gasteiger partial charge in [0, 0.05) is 29.0 Å². The molecule has 0 amide bonds. The number of para-hydroxylation sites is 1. The largest absolute Gasteiger partial charge is 0.369 e. The number of halogens is 1. The quantitative estimate of drug-likeness (QED) is 0.284. The van der Waals surface area contributed by atoms with Gasteiger partial charge in [-0.25, -0.2) is 9.97 Å². The molecule has 0 saturated carbocycles. The Kier molecular flexibility index (Phi) is 8.04. The number of nitrogens with one attached hydrogen (secondary N) is 2. The van der Waals surface area contributed by atoms with Gasteiger partial charge in [-0.3, -0.25) is 0 Å². The first-order valence-corrected chi connectivity index (χ1v) is 10.7. The minimum absolute atomic E-state index is 0. The van der Waals surface area contributed by atoms with Crippen molar-refractivity contribution < 1.29 is 0 Å². The molecule has 4 rings (SSSR count). The molecule has 0 aliphatic carbocycles. The first-order chi connectivity index (χ1) is 14.7. The van der Waals surface area contributed by atoms with Crippen molar-refractivity contribution in [2.45, 2.75) is 32.6 Å². The zero-order valence-electron chi connectivity index (χ0n) is 17.9. The van der Waals surface area contributed by atoms with Crippen LogP contribution in [-0.2, 0) is 0 Å². The summed E-state index contributed by atoms with van der Waals surface area (Å²) in [5.74, 6) is 1.61. The third kappa shape index (κ3) is 5.63. The highest BCUT2D eigenvalue weighted by molar-refractivity contribution is 5.93. The van der Waals surface area contributed by atoms with E-state index in [4.69, 9.17) is 15.7 Å². The second kappa shape index (κ2) is 10.9. The van der Waals surface area contributed by atoms with E-state index in [-0.39, 0.29) is 12.4 Å². The Morgan fingerprint density at radius 3 is 2.68 bits per heavy atom. The number of aromatic nitrogens is 3. The van der Waals surface area contributed by atoms with Gasteiger partial charge in [0.15, 0.2) is 5.82 Å². The van der Waals surface area contributed by atoms with Crippen LogP contribution in [0.25, 0.3) is 34.0 Å². The molecule has 0 radical (unpaired) electrons. The van der Waals surface area contributed by atoms with E-state index < -0.39 is 0 Å². The fourth-order valence-corrected chi connectivity index (χ4v) is 3.70. The Morgan fingerprint density at radius 1 is 0.968 bits per heavy atom. The van der Waals surface area contributed by atoms with Crippen LogP contribution in [-0.4, -0.2) is 28.0 Å². The standard InChI is InChI=1S/C25H29N5.ClH/c1-18-10-12-23-21(16-18)25(27-15-7-3-2-6-14-26)30-24(29-23)13-11-19-17-28-22-9-5-4-8-20(19)22;/h4-5,8-13,16-17,28H,2-3,6-7,14-15,26H2,1H3,(H,27,29,30);1H. The van der Waals surface area contributed by atoms with Gasteiger partial charge in [0.1, 0.15) is 5.82 Å². The van der Waals surface area contributed by atoms with Crippen LogP contribution in [0.3, 0.4) is 0 Å². The number of rotatable bonds is 9. The first-order valence-electron chi connectivity index (χ1n) is 10.7. The Labute approximate surface area is 189 Å². The van der Waals surface area contributed by atoms with Gasteiger partial charge >= 0.3 is 0 Å². The summed E-state index contributed by atoms with van der Waals surface area (Å²) in [5, 5.41) is 5.80. The lowest BCUT2D eigenvalue weighted by Crippen LogP contribution is -2.06. The van der Waals surface area contributed by atoms with Crippen molar-refractivity contribution in [3.63, 3.8) is 0 Å². The molecule has 162 valence electrons. The number of fused-ring (bicyclic) bond motifs is 2. The van der Waals surface area contributed by atoms with Crippen molar-refractivity contribution >= 4 is 52.2 Å². The number of H-pyrrole nitrogens is 1. The topological polar surface area (TPSA) is 79.6 Å². The van der Waals surface area contributed by atoms with Gasteiger partial charge in [0.05, 0.1) is 5.52 Å². The maximum absolute atomic E-state index is 5.58. The molecule has 2 heterocycles. The van der Waals surface area contributed by atoms with Crippen molar-refractivity contribution in [3.8, 4) is 0 Å². The van der Waals surface area contributed by atoms with Crippen LogP contribution in [0, 0.1) is 6.92 Å². The molecule has 4 aromatic rings. The molecule has 0 unspecified atom stereocenters. The van der Waals surface area contributed by atoms with Gasteiger partial charge in [-0.05, 0) is 62.2 Å². The molecule has 0 bridgehead atoms. The first kappa shape index (κ1) is 22.8. The van der Waals surface area contributed by atoms with Gasteiger partial charge in [0.2, 0.25) is 0 Å². The molecule has 4 N–H and O–H groups in total. The van der Waals surface area contributed by atoms with Gasteiger partial charge in [0.25, 0.3) is 0 Å². The summed E-state index contributed by atoms with van der Waals surface area (Å²) in [6.45, 7) is 3.77. The lowest BCUT2D eigenvalue weighted by atomic mass is 10.1. The zero-order valence-corrected chi connectivity index (χ0v) is 18.7. The second-order valence-electron chi connectivity index (χ2n) is 7.70. The van der Waals surface area contributed by atoms with Crippen LogP contribution in [0.4, 0.5) is 5.82 Å². The molecule has 0 fully saturated rings. The molecule has 0 atom stereocenters. The summed E-state index contributed by atoms with van der Waals surface area (Å²) in [6.07, 6.45) is 10.6. The zero-order chi connectivity index (χ0) is 20.8. The normalized spacial score (nSPS) is 11.3. The maximum atomic E-state index is 5.58. The smallest absolute Gasteiger partial charge is 0.154 e. The number of hydrogen-bond acceptors (Lipinski definition) is 4. The third-order valence-corrected chi connectivity index (χ3v) is 5.33. The van der Waals surface area contributed by atoms with E-state index in [0.717, 1.165) is 53.7 Å². The monoisotopic (exact) mass is 435 g/mol. The predicted molar refractivity (Wildman–Crippen MR) is 135 cm³/mol. The lowest BCUT2D eigenvalue weighted by molar-refractivity contribution is 0.661. The number of aryl methyl sites for hydroxylation is 1. The molecule has 6 heteroatoms. The summed E-state index contributed by atoms with van der Waals surface area (Å²) >= 11 is 0. The highest BCUT2D eigenvalue weighted by atomic mass is 35.5. The molecule has 31 heavy (non-hydrogen) atoms. The fraction of sp³-hybridized carbons (Fsp3) is 0.280. The maximum Gasteiger partial charge on any atom is 0.154 e. The van der Waals surface area contributed by atoms with E-state index >= 15 is 0 Å². The second-order valence-corrected chi connectivity index (χ2v) is 7.70. The molecule has 5 nitrogen and oxygen atoms in total. The number of aromatic amines is 1. The van der Waals surface area contributed by atoms with Crippen LogP contribution in [0.1, 0.15) is 42.6 Å². The van der Waals surface area contributed by atoms with E-state index in [9.17, 15) is 0 Å². The van der Waals surface area contributed by atoms with Crippen LogP contribution in [0.5, 0.6) is 0 Å². The summed E-state index contributed by atoms with van der Waals surface area (Å²) in [5.41, 5.74) is 10.0. The average Bonchev–Trinajstić information content (AvgIpc) is 3.18. The Bertz CT molecular complexity index is 1170. The van der Waals surface area contributed by atoms with E-state index in [1.165, 1.54) is 23.8 Å². The van der Waals surface area contributed by atoms with Gasteiger partial charge in [-0.1, -0.05) is 42.7 Å². The van der Waals surface area contributed by atoms with Gasteiger partial charge < -0.3 is 16.0 Å². The summed E-state index contributed by atoms with van der Waals surface area (Å²) in [6, 6.07) is 14.6. The SMILES string of the molecule is Cc1ccc2nc(C=Cc3c[nH]c4ccccc34)nc(NCCCCCCN)c2c1.Cl. The van der Waals surface area contributed by atoms with Crippen LogP contribution in [0.15, 0.2) is 48.7 Å². The number of nitrogens with two attached hydrogens (primary N) is 1. The van der Waals surface area contributed by atoms with E-state index in [2.05, 4.69) is 59.7 Å².